The van der Waals surface area contributed by atoms with Crippen LogP contribution in [-0.2, 0) is 0 Å². The van der Waals surface area contributed by atoms with E-state index in [4.69, 9.17) is 26.4 Å². The molecule has 0 saturated heterocycles. The summed E-state index contributed by atoms with van der Waals surface area (Å²) in [5.41, 5.74) is -1.56. The molecule has 0 aromatic heterocycles. The number of hydrogen-bond donors (Lipinski definition) is 3. The monoisotopic (exact) mass is 273 g/mol. The zero-order valence-electron chi connectivity index (χ0n) is 11.0. The fourth-order valence-electron chi connectivity index (χ4n) is 0.922. The Morgan fingerprint density at radius 1 is 1.06 bits per heavy atom. The normalized spacial score (nSPS) is 11.3. The van der Waals surface area contributed by atoms with Gasteiger partial charge in [-0.3, -0.25) is 0 Å². The Hall–Kier alpha value is -0.745. The lowest BCUT2D eigenvalue weighted by Crippen LogP contribution is -2.49. The summed E-state index contributed by atoms with van der Waals surface area (Å²) in [6.45, 7) is 7.15. The molecule has 4 nitrogen and oxygen atoms in total. The van der Waals surface area contributed by atoms with Gasteiger partial charge in [-0.05, 0) is 52.0 Å². The smallest absolute Gasteiger partial charge is 0.482 e. The molecule has 0 heterocycles. The van der Waals surface area contributed by atoms with Gasteiger partial charge in [-0.1, -0.05) is 11.6 Å². The molecule has 0 unspecified atom stereocenters. The van der Waals surface area contributed by atoms with E-state index < -0.39 is 11.2 Å². The molecule has 0 fully saturated rings. The van der Waals surface area contributed by atoms with Crippen LogP contribution in [0.4, 0.5) is 0 Å². The van der Waals surface area contributed by atoms with Gasteiger partial charge in [0.1, 0.15) is 11.4 Å². The van der Waals surface area contributed by atoms with E-state index in [1.807, 2.05) is 13.8 Å². The maximum atomic E-state index is 9.91. The van der Waals surface area contributed by atoms with Crippen LogP contribution in [0.2, 0.25) is 5.02 Å². The molecule has 1 aromatic rings. The highest BCUT2D eigenvalue weighted by Gasteiger charge is 2.37. The van der Waals surface area contributed by atoms with E-state index in [2.05, 4.69) is 0 Å². The van der Waals surface area contributed by atoms with E-state index in [1.165, 1.54) is 0 Å². The molecule has 1 aromatic carbocycles. The summed E-state index contributed by atoms with van der Waals surface area (Å²) >= 11 is 5.77. The highest BCUT2D eigenvalue weighted by molar-refractivity contribution is 6.30. The van der Waals surface area contributed by atoms with Gasteiger partial charge in [-0.2, -0.15) is 0 Å². The van der Waals surface area contributed by atoms with Gasteiger partial charge in [0, 0.05) is 5.02 Å². The molecule has 6 heteroatoms. The highest BCUT2D eigenvalue weighted by atomic mass is 35.5. The van der Waals surface area contributed by atoms with Crippen molar-refractivity contribution in [2.24, 2.45) is 0 Å². The second kappa shape index (κ2) is 6.99. The summed E-state index contributed by atoms with van der Waals surface area (Å²) in [4.78, 5) is 0. The van der Waals surface area contributed by atoms with Gasteiger partial charge in [-0.15, -0.1) is 0 Å². The Balaban J connectivity index is 0.000000873. The van der Waals surface area contributed by atoms with Crippen LogP contribution < -0.4 is 4.74 Å². The van der Waals surface area contributed by atoms with Crippen molar-refractivity contribution in [2.45, 2.75) is 38.9 Å². The van der Waals surface area contributed by atoms with Crippen LogP contribution in [0, 0.1) is 0 Å². The Labute approximate surface area is 113 Å². The molecule has 0 amide bonds. The fraction of sp³-hybridized carbons (Fsp3) is 0.500. The standard InChI is InChI=1S/C12H17ClO2.BH2O2/c1-11(2,14)12(3,4)15-10-7-5-9(13)6-8-10;2-1-3/h5-8,14H,1-4H3;2-3H. The maximum absolute atomic E-state index is 9.91. The topological polar surface area (TPSA) is 69.9 Å². The number of benzene rings is 1. The molecular formula is C12H19BClO4. The lowest BCUT2D eigenvalue weighted by atomic mass is 9.89. The van der Waals surface area contributed by atoms with E-state index in [-0.39, 0.29) is 7.69 Å². The third-order valence-electron chi connectivity index (χ3n) is 2.66. The molecular weight excluding hydrogens is 254 g/mol. The average molecular weight is 274 g/mol. The minimum atomic E-state index is -0.910. The molecule has 3 N–H and O–H groups in total. The van der Waals surface area contributed by atoms with Crippen LogP contribution in [0.5, 0.6) is 5.75 Å². The van der Waals surface area contributed by atoms with Gasteiger partial charge >= 0.3 is 7.69 Å². The van der Waals surface area contributed by atoms with Crippen molar-refractivity contribution in [2.75, 3.05) is 0 Å². The summed E-state index contributed by atoms with van der Waals surface area (Å²) in [6.07, 6.45) is 0. The van der Waals surface area contributed by atoms with Gasteiger partial charge in [0.15, 0.2) is 0 Å². The molecule has 0 atom stereocenters. The summed E-state index contributed by atoms with van der Waals surface area (Å²) in [5, 5.41) is 24.6. The Morgan fingerprint density at radius 3 is 1.78 bits per heavy atom. The van der Waals surface area contributed by atoms with E-state index in [0.29, 0.717) is 10.8 Å². The molecule has 0 spiro atoms. The van der Waals surface area contributed by atoms with Crippen LogP contribution in [-0.4, -0.2) is 34.0 Å². The van der Waals surface area contributed by atoms with E-state index in [0.717, 1.165) is 0 Å². The van der Waals surface area contributed by atoms with Gasteiger partial charge in [-0.25, -0.2) is 0 Å². The first-order valence-electron chi connectivity index (χ1n) is 5.41. The predicted molar refractivity (Wildman–Crippen MR) is 72.6 cm³/mol. The van der Waals surface area contributed by atoms with E-state index in [1.54, 1.807) is 38.1 Å². The first-order valence-corrected chi connectivity index (χ1v) is 5.79. The first-order chi connectivity index (χ1) is 8.14. The van der Waals surface area contributed by atoms with Gasteiger partial charge < -0.3 is 19.9 Å². The summed E-state index contributed by atoms with van der Waals surface area (Å²) < 4.78 is 5.71. The fourth-order valence-corrected chi connectivity index (χ4v) is 1.05. The van der Waals surface area contributed by atoms with Gasteiger partial charge in [0.25, 0.3) is 0 Å². The van der Waals surface area contributed by atoms with Crippen molar-refractivity contribution in [3.8, 4) is 5.75 Å². The number of halogens is 1. The Bertz CT molecular complexity index is 346. The van der Waals surface area contributed by atoms with Crippen molar-refractivity contribution in [1.82, 2.24) is 0 Å². The number of rotatable bonds is 3. The van der Waals surface area contributed by atoms with Crippen molar-refractivity contribution < 1.29 is 19.9 Å². The summed E-state index contributed by atoms with van der Waals surface area (Å²) in [5.74, 6) is 0.700. The molecule has 101 valence electrons. The molecule has 0 aliphatic carbocycles. The second-order valence-electron chi connectivity index (χ2n) is 4.74. The summed E-state index contributed by atoms with van der Waals surface area (Å²) in [7, 11) is 0. The van der Waals surface area contributed by atoms with E-state index in [9.17, 15) is 5.11 Å². The molecule has 0 aliphatic heterocycles. The maximum Gasteiger partial charge on any atom is 0.482 e. The molecule has 0 bridgehead atoms. The number of aliphatic hydroxyl groups is 1. The van der Waals surface area contributed by atoms with Crippen LogP contribution >= 0.6 is 11.6 Å². The molecule has 0 aliphatic rings. The average Bonchev–Trinajstić information content (AvgIpc) is 2.20. The lowest BCUT2D eigenvalue weighted by Gasteiger charge is -2.37. The Morgan fingerprint density at radius 2 is 1.44 bits per heavy atom. The number of hydrogen-bond acceptors (Lipinski definition) is 4. The Kier molecular flexibility index (Phi) is 6.71. The van der Waals surface area contributed by atoms with Gasteiger partial charge in [0.2, 0.25) is 0 Å². The third-order valence-corrected chi connectivity index (χ3v) is 2.91. The van der Waals surface area contributed by atoms with Crippen molar-refractivity contribution in [3.05, 3.63) is 29.3 Å². The first kappa shape index (κ1) is 17.3. The quantitative estimate of drug-likeness (QED) is 0.734. The van der Waals surface area contributed by atoms with Crippen molar-refractivity contribution >= 4 is 19.3 Å². The van der Waals surface area contributed by atoms with Crippen LogP contribution in [0.3, 0.4) is 0 Å². The third kappa shape index (κ3) is 5.73. The minimum absolute atomic E-state index is 0. The second-order valence-corrected chi connectivity index (χ2v) is 5.18. The van der Waals surface area contributed by atoms with Crippen LogP contribution in [0.15, 0.2) is 24.3 Å². The molecule has 18 heavy (non-hydrogen) atoms. The lowest BCUT2D eigenvalue weighted by molar-refractivity contribution is -0.0906. The highest BCUT2D eigenvalue weighted by Crippen LogP contribution is 2.28. The van der Waals surface area contributed by atoms with Gasteiger partial charge in [0.05, 0.1) is 5.60 Å². The largest absolute Gasteiger partial charge is 0.485 e. The summed E-state index contributed by atoms with van der Waals surface area (Å²) in [6, 6.07) is 7.10. The number of ether oxygens (including phenoxy) is 1. The zero-order chi connectivity index (χ0) is 14.4. The zero-order valence-corrected chi connectivity index (χ0v) is 11.8. The molecule has 1 radical (unpaired) electrons. The SMILES string of the molecule is CC(C)(O)C(C)(C)Oc1ccc(Cl)cc1.O[B]O. The minimum Gasteiger partial charge on any atom is -0.485 e. The molecule has 1 rings (SSSR count). The van der Waals surface area contributed by atoms with Crippen molar-refractivity contribution in [3.63, 3.8) is 0 Å². The van der Waals surface area contributed by atoms with Crippen LogP contribution in [0.1, 0.15) is 27.7 Å². The van der Waals surface area contributed by atoms with Crippen molar-refractivity contribution in [1.29, 1.82) is 0 Å². The van der Waals surface area contributed by atoms with Crippen LogP contribution in [0.25, 0.3) is 0 Å². The molecule has 0 saturated carbocycles. The van der Waals surface area contributed by atoms with E-state index >= 15 is 0 Å². The predicted octanol–water partition coefficient (Wildman–Crippen LogP) is 1.77.